The lowest BCUT2D eigenvalue weighted by Gasteiger charge is -2.09. The molecule has 0 amide bonds. The zero-order valence-corrected chi connectivity index (χ0v) is 10.7. The summed E-state index contributed by atoms with van der Waals surface area (Å²) in [5.41, 5.74) is 4.02. The van der Waals surface area contributed by atoms with Gasteiger partial charge in [0.15, 0.2) is 0 Å². The molecule has 1 aliphatic carbocycles. The normalized spacial score (nSPS) is 16.0. The lowest BCUT2D eigenvalue weighted by atomic mass is 9.96. The number of nitrogens with zero attached hydrogens (tertiary/aromatic N) is 1. The Morgan fingerprint density at radius 1 is 0.833 bits per heavy atom. The summed E-state index contributed by atoms with van der Waals surface area (Å²) in [5.74, 6) is 0.928. The van der Waals surface area contributed by atoms with Crippen molar-refractivity contribution in [2.75, 3.05) is 0 Å². The van der Waals surface area contributed by atoms with Crippen molar-refractivity contribution in [3.05, 3.63) is 54.4 Å². The second kappa shape index (κ2) is 5.34. The van der Waals surface area contributed by atoms with E-state index in [4.69, 9.17) is 0 Å². The standard InChI is InChI=1S/C17H19N/c1-2-4-14(3-1)13-15-5-7-16(8-6-15)17-9-11-18-12-10-17/h5-12,14H,1-4,13H2. The molecule has 2 aromatic rings. The van der Waals surface area contributed by atoms with Gasteiger partial charge >= 0.3 is 0 Å². The van der Waals surface area contributed by atoms with Crippen LogP contribution in [0.1, 0.15) is 31.2 Å². The molecule has 1 nitrogen and oxygen atoms in total. The highest BCUT2D eigenvalue weighted by Crippen LogP contribution is 2.28. The second-order valence-corrected chi connectivity index (χ2v) is 5.29. The van der Waals surface area contributed by atoms with Crippen LogP contribution < -0.4 is 0 Å². The van der Waals surface area contributed by atoms with E-state index in [1.807, 2.05) is 12.4 Å². The van der Waals surface area contributed by atoms with Crippen molar-refractivity contribution in [3.8, 4) is 11.1 Å². The zero-order chi connectivity index (χ0) is 12.2. The van der Waals surface area contributed by atoms with Crippen LogP contribution in [0.15, 0.2) is 48.8 Å². The van der Waals surface area contributed by atoms with Gasteiger partial charge in [0.25, 0.3) is 0 Å². The molecular weight excluding hydrogens is 218 g/mol. The maximum Gasteiger partial charge on any atom is 0.0273 e. The Labute approximate surface area is 109 Å². The Hall–Kier alpha value is -1.63. The summed E-state index contributed by atoms with van der Waals surface area (Å²) in [7, 11) is 0. The van der Waals surface area contributed by atoms with Crippen LogP contribution in [-0.4, -0.2) is 4.98 Å². The largest absolute Gasteiger partial charge is 0.265 e. The number of rotatable bonds is 3. The molecule has 1 saturated carbocycles. The van der Waals surface area contributed by atoms with Crippen LogP contribution in [0.25, 0.3) is 11.1 Å². The van der Waals surface area contributed by atoms with E-state index in [1.165, 1.54) is 48.8 Å². The molecule has 0 saturated heterocycles. The first-order valence-corrected chi connectivity index (χ1v) is 6.91. The number of pyridine rings is 1. The third-order valence-electron chi connectivity index (χ3n) is 3.97. The van der Waals surface area contributed by atoms with Gasteiger partial charge < -0.3 is 0 Å². The molecule has 1 aromatic heterocycles. The molecule has 1 aliphatic rings. The summed E-state index contributed by atoms with van der Waals surface area (Å²) in [6.07, 6.45) is 10.7. The maximum atomic E-state index is 4.06. The first-order chi connectivity index (χ1) is 8.92. The molecule has 18 heavy (non-hydrogen) atoms. The van der Waals surface area contributed by atoms with Crippen molar-refractivity contribution < 1.29 is 0 Å². The molecule has 0 aliphatic heterocycles. The minimum atomic E-state index is 0.928. The van der Waals surface area contributed by atoms with Gasteiger partial charge in [-0.15, -0.1) is 0 Å². The minimum absolute atomic E-state index is 0.928. The Balaban J connectivity index is 1.72. The van der Waals surface area contributed by atoms with Gasteiger partial charge in [-0.05, 0) is 41.2 Å². The molecule has 0 atom stereocenters. The van der Waals surface area contributed by atoms with E-state index in [0.29, 0.717) is 0 Å². The van der Waals surface area contributed by atoms with Crippen molar-refractivity contribution in [1.29, 1.82) is 0 Å². The molecule has 92 valence electrons. The van der Waals surface area contributed by atoms with Gasteiger partial charge in [-0.3, -0.25) is 4.98 Å². The Kier molecular flexibility index (Phi) is 3.40. The molecule has 0 radical (unpaired) electrons. The fourth-order valence-corrected chi connectivity index (χ4v) is 2.93. The summed E-state index contributed by atoms with van der Waals surface area (Å²) in [4.78, 5) is 4.06. The molecule has 0 N–H and O–H groups in total. The highest BCUT2D eigenvalue weighted by molar-refractivity contribution is 5.62. The third kappa shape index (κ3) is 2.61. The van der Waals surface area contributed by atoms with Crippen molar-refractivity contribution in [2.45, 2.75) is 32.1 Å². The second-order valence-electron chi connectivity index (χ2n) is 5.29. The lowest BCUT2D eigenvalue weighted by molar-refractivity contribution is 0.546. The van der Waals surface area contributed by atoms with Gasteiger partial charge in [0.1, 0.15) is 0 Å². The molecule has 1 heteroatoms. The summed E-state index contributed by atoms with van der Waals surface area (Å²) in [6, 6.07) is 13.2. The van der Waals surface area contributed by atoms with Gasteiger partial charge in [0.05, 0.1) is 0 Å². The molecule has 1 heterocycles. The van der Waals surface area contributed by atoms with Crippen LogP contribution in [-0.2, 0) is 6.42 Å². The van der Waals surface area contributed by atoms with E-state index in [0.717, 1.165) is 5.92 Å². The van der Waals surface area contributed by atoms with Crippen molar-refractivity contribution >= 4 is 0 Å². The van der Waals surface area contributed by atoms with Crippen molar-refractivity contribution in [1.82, 2.24) is 4.98 Å². The van der Waals surface area contributed by atoms with E-state index in [9.17, 15) is 0 Å². The molecule has 1 aromatic carbocycles. The van der Waals surface area contributed by atoms with E-state index in [-0.39, 0.29) is 0 Å². The quantitative estimate of drug-likeness (QED) is 0.767. The van der Waals surface area contributed by atoms with E-state index >= 15 is 0 Å². The Morgan fingerprint density at radius 2 is 1.44 bits per heavy atom. The van der Waals surface area contributed by atoms with Crippen LogP contribution in [0, 0.1) is 5.92 Å². The van der Waals surface area contributed by atoms with Crippen LogP contribution in [0.3, 0.4) is 0 Å². The molecule has 0 bridgehead atoms. The van der Waals surface area contributed by atoms with Gasteiger partial charge in [-0.25, -0.2) is 0 Å². The van der Waals surface area contributed by atoms with Crippen molar-refractivity contribution in [3.63, 3.8) is 0 Å². The minimum Gasteiger partial charge on any atom is -0.265 e. The van der Waals surface area contributed by atoms with Crippen LogP contribution in [0.2, 0.25) is 0 Å². The summed E-state index contributed by atoms with van der Waals surface area (Å²) >= 11 is 0. The zero-order valence-electron chi connectivity index (χ0n) is 10.7. The van der Waals surface area contributed by atoms with E-state index < -0.39 is 0 Å². The predicted molar refractivity (Wildman–Crippen MR) is 75.3 cm³/mol. The molecule has 3 rings (SSSR count). The molecule has 0 unspecified atom stereocenters. The van der Waals surface area contributed by atoms with Gasteiger partial charge in [-0.1, -0.05) is 49.9 Å². The number of hydrogen-bond donors (Lipinski definition) is 0. The van der Waals surface area contributed by atoms with Gasteiger partial charge in [-0.2, -0.15) is 0 Å². The highest BCUT2D eigenvalue weighted by atomic mass is 14.6. The number of hydrogen-bond acceptors (Lipinski definition) is 1. The Bertz CT molecular complexity index is 481. The first-order valence-electron chi connectivity index (χ1n) is 6.91. The maximum absolute atomic E-state index is 4.06. The molecular formula is C17H19N. The summed E-state index contributed by atoms with van der Waals surface area (Å²) in [6.45, 7) is 0. The van der Waals surface area contributed by atoms with Gasteiger partial charge in [0, 0.05) is 12.4 Å². The molecule has 1 fully saturated rings. The van der Waals surface area contributed by atoms with Crippen molar-refractivity contribution in [2.24, 2.45) is 5.92 Å². The topological polar surface area (TPSA) is 12.9 Å². The molecule has 0 spiro atoms. The third-order valence-corrected chi connectivity index (χ3v) is 3.97. The van der Waals surface area contributed by atoms with E-state index in [2.05, 4.69) is 41.4 Å². The summed E-state index contributed by atoms with van der Waals surface area (Å²) < 4.78 is 0. The average Bonchev–Trinajstić information content (AvgIpc) is 2.94. The fraction of sp³-hybridized carbons (Fsp3) is 0.353. The number of benzene rings is 1. The smallest absolute Gasteiger partial charge is 0.0273 e. The highest BCUT2D eigenvalue weighted by Gasteiger charge is 2.15. The monoisotopic (exact) mass is 237 g/mol. The van der Waals surface area contributed by atoms with E-state index in [1.54, 1.807) is 0 Å². The Morgan fingerprint density at radius 3 is 2.11 bits per heavy atom. The van der Waals surface area contributed by atoms with Crippen LogP contribution in [0.4, 0.5) is 0 Å². The first kappa shape index (κ1) is 11.5. The number of aromatic nitrogens is 1. The fourth-order valence-electron chi connectivity index (χ4n) is 2.93. The lowest BCUT2D eigenvalue weighted by Crippen LogP contribution is -1.98. The van der Waals surface area contributed by atoms with Gasteiger partial charge in [0.2, 0.25) is 0 Å². The average molecular weight is 237 g/mol. The predicted octanol–water partition coefficient (Wildman–Crippen LogP) is 4.48. The van der Waals surface area contributed by atoms with Crippen LogP contribution in [0.5, 0.6) is 0 Å². The summed E-state index contributed by atoms with van der Waals surface area (Å²) in [5, 5.41) is 0. The SMILES string of the molecule is c1cc(-c2ccc(CC3CCCC3)cc2)ccn1. The van der Waals surface area contributed by atoms with Crippen LogP contribution >= 0.6 is 0 Å².